The maximum atomic E-state index is 5.90. The van der Waals surface area contributed by atoms with Gasteiger partial charge in [0.25, 0.3) is 0 Å². The van der Waals surface area contributed by atoms with Crippen LogP contribution in [0.3, 0.4) is 0 Å². The van der Waals surface area contributed by atoms with E-state index in [-0.39, 0.29) is 6.10 Å². The molecule has 0 aliphatic carbocycles. The van der Waals surface area contributed by atoms with Crippen LogP contribution in [0.25, 0.3) is 11.4 Å². The molecule has 1 saturated heterocycles. The highest BCUT2D eigenvalue weighted by Gasteiger charge is 2.14. The maximum Gasteiger partial charge on any atom is 0.159 e. The van der Waals surface area contributed by atoms with Crippen molar-refractivity contribution in [1.29, 1.82) is 0 Å². The summed E-state index contributed by atoms with van der Waals surface area (Å²) in [5.41, 5.74) is 0.962. The van der Waals surface area contributed by atoms with Crippen LogP contribution in [-0.4, -0.2) is 36.3 Å². The standard InChI is InChI=1S/C16H19N3O2/c1-20-13-4-2-12(3-5-13)16-18-10-15(11-19-16)21-14-6-8-17-9-7-14/h2-5,10-11,14,17H,6-9H2,1H3. The van der Waals surface area contributed by atoms with Gasteiger partial charge in [0.2, 0.25) is 0 Å². The Morgan fingerprint density at radius 1 is 1.00 bits per heavy atom. The first-order chi connectivity index (χ1) is 10.3. The molecule has 1 aliphatic heterocycles. The number of rotatable bonds is 4. The van der Waals surface area contributed by atoms with E-state index < -0.39 is 0 Å². The molecule has 2 heterocycles. The van der Waals surface area contributed by atoms with E-state index in [1.807, 2.05) is 24.3 Å². The van der Waals surface area contributed by atoms with Gasteiger partial charge in [0.15, 0.2) is 11.6 Å². The summed E-state index contributed by atoms with van der Waals surface area (Å²) in [6.45, 7) is 2.02. The molecule has 3 rings (SSSR count). The molecule has 1 aromatic carbocycles. The number of aromatic nitrogens is 2. The van der Waals surface area contributed by atoms with Crippen LogP contribution in [0.15, 0.2) is 36.7 Å². The summed E-state index contributed by atoms with van der Waals surface area (Å²) in [4.78, 5) is 8.75. The highest BCUT2D eigenvalue weighted by atomic mass is 16.5. The Morgan fingerprint density at radius 2 is 1.67 bits per heavy atom. The molecular weight excluding hydrogens is 266 g/mol. The normalized spacial score (nSPS) is 15.7. The van der Waals surface area contributed by atoms with Crippen molar-refractivity contribution in [3.63, 3.8) is 0 Å². The Kier molecular flexibility index (Phi) is 4.31. The average Bonchev–Trinajstić information content (AvgIpc) is 2.57. The van der Waals surface area contributed by atoms with Crippen molar-refractivity contribution >= 4 is 0 Å². The predicted molar refractivity (Wildman–Crippen MR) is 80.5 cm³/mol. The largest absolute Gasteiger partial charge is 0.497 e. The third-order valence-electron chi connectivity index (χ3n) is 3.57. The van der Waals surface area contributed by atoms with Gasteiger partial charge in [-0.05, 0) is 50.2 Å². The van der Waals surface area contributed by atoms with Crippen LogP contribution in [0.5, 0.6) is 11.5 Å². The van der Waals surface area contributed by atoms with Crippen LogP contribution in [0.2, 0.25) is 0 Å². The van der Waals surface area contributed by atoms with Crippen LogP contribution < -0.4 is 14.8 Å². The molecule has 5 nitrogen and oxygen atoms in total. The third-order valence-corrected chi connectivity index (χ3v) is 3.57. The van der Waals surface area contributed by atoms with Crippen molar-refractivity contribution < 1.29 is 9.47 Å². The van der Waals surface area contributed by atoms with E-state index in [2.05, 4.69) is 15.3 Å². The van der Waals surface area contributed by atoms with Crippen molar-refractivity contribution in [2.75, 3.05) is 20.2 Å². The summed E-state index contributed by atoms with van der Waals surface area (Å²) in [5, 5.41) is 3.32. The zero-order valence-corrected chi connectivity index (χ0v) is 12.1. The lowest BCUT2D eigenvalue weighted by Crippen LogP contribution is -2.34. The molecular formula is C16H19N3O2. The van der Waals surface area contributed by atoms with Crippen molar-refractivity contribution in [3.05, 3.63) is 36.7 Å². The molecule has 0 radical (unpaired) electrons. The van der Waals surface area contributed by atoms with E-state index in [9.17, 15) is 0 Å². The first-order valence-electron chi connectivity index (χ1n) is 7.19. The summed E-state index contributed by atoms with van der Waals surface area (Å²) < 4.78 is 11.0. The smallest absolute Gasteiger partial charge is 0.159 e. The lowest BCUT2D eigenvalue weighted by atomic mass is 10.1. The number of hydrogen-bond donors (Lipinski definition) is 1. The summed E-state index contributed by atoms with van der Waals surface area (Å²) >= 11 is 0. The van der Waals surface area contributed by atoms with Gasteiger partial charge in [-0.2, -0.15) is 0 Å². The number of nitrogens with zero attached hydrogens (tertiary/aromatic N) is 2. The third kappa shape index (κ3) is 3.49. The Hall–Kier alpha value is -2.14. The van der Waals surface area contributed by atoms with E-state index in [0.717, 1.165) is 43.0 Å². The van der Waals surface area contributed by atoms with Crippen LogP contribution in [0, 0.1) is 0 Å². The van der Waals surface area contributed by atoms with Gasteiger partial charge in [0.1, 0.15) is 11.9 Å². The lowest BCUT2D eigenvalue weighted by molar-refractivity contribution is 0.161. The van der Waals surface area contributed by atoms with Crippen LogP contribution >= 0.6 is 0 Å². The molecule has 5 heteroatoms. The Labute approximate surface area is 124 Å². The summed E-state index contributed by atoms with van der Waals surface area (Å²) in [6.07, 6.45) is 5.81. The topological polar surface area (TPSA) is 56.3 Å². The molecule has 2 aromatic rings. The van der Waals surface area contributed by atoms with Gasteiger partial charge in [0.05, 0.1) is 19.5 Å². The van der Waals surface area contributed by atoms with Gasteiger partial charge in [-0.3, -0.25) is 0 Å². The van der Waals surface area contributed by atoms with Crippen LogP contribution in [-0.2, 0) is 0 Å². The molecule has 0 atom stereocenters. The quantitative estimate of drug-likeness (QED) is 0.934. The van der Waals surface area contributed by atoms with E-state index in [1.54, 1.807) is 19.5 Å². The minimum atomic E-state index is 0.265. The van der Waals surface area contributed by atoms with Gasteiger partial charge >= 0.3 is 0 Å². The molecule has 1 N–H and O–H groups in total. The zero-order valence-electron chi connectivity index (χ0n) is 12.1. The van der Waals surface area contributed by atoms with E-state index in [1.165, 1.54) is 0 Å². The average molecular weight is 285 g/mol. The number of methoxy groups -OCH3 is 1. The molecule has 110 valence electrons. The Bertz CT molecular complexity index is 563. The van der Waals surface area contributed by atoms with E-state index in [0.29, 0.717) is 5.82 Å². The fourth-order valence-corrected chi connectivity index (χ4v) is 2.37. The van der Waals surface area contributed by atoms with Gasteiger partial charge < -0.3 is 14.8 Å². The predicted octanol–water partition coefficient (Wildman–Crippen LogP) is 2.28. The van der Waals surface area contributed by atoms with Crippen LogP contribution in [0.1, 0.15) is 12.8 Å². The second-order valence-electron chi connectivity index (χ2n) is 5.04. The summed E-state index contributed by atoms with van der Waals surface area (Å²) in [7, 11) is 1.65. The molecule has 1 aromatic heterocycles. The minimum Gasteiger partial charge on any atom is -0.497 e. The van der Waals surface area contributed by atoms with Gasteiger partial charge in [-0.15, -0.1) is 0 Å². The highest BCUT2D eigenvalue weighted by molar-refractivity contribution is 5.56. The van der Waals surface area contributed by atoms with Crippen molar-refractivity contribution in [2.45, 2.75) is 18.9 Å². The molecule has 0 saturated carbocycles. The Balaban J connectivity index is 1.67. The number of hydrogen-bond acceptors (Lipinski definition) is 5. The highest BCUT2D eigenvalue weighted by Crippen LogP contribution is 2.21. The zero-order chi connectivity index (χ0) is 14.5. The van der Waals surface area contributed by atoms with Gasteiger partial charge in [-0.25, -0.2) is 9.97 Å². The molecule has 0 amide bonds. The molecule has 0 spiro atoms. The fourth-order valence-electron chi connectivity index (χ4n) is 2.37. The van der Waals surface area contributed by atoms with E-state index in [4.69, 9.17) is 9.47 Å². The second-order valence-corrected chi connectivity index (χ2v) is 5.04. The van der Waals surface area contributed by atoms with Crippen molar-refractivity contribution in [2.24, 2.45) is 0 Å². The first kappa shape index (κ1) is 13.8. The molecule has 0 bridgehead atoms. The SMILES string of the molecule is COc1ccc(-c2ncc(OC3CCNCC3)cn2)cc1. The monoisotopic (exact) mass is 285 g/mol. The molecule has 1 aliphatic rings. The van der Waals surface area contributed by atoms with Crippen LogP contribution in [0.4, 0.5) is 0 Å². The number of nitrogens with one attached hydrogen (secondary N) is 1. The second kappa shape index (κ2) is 6.54. The number of piperidine rings is 1. The Morgan fingerprint density at radius 3 is 2.29 bits per heavy atom. The van der Waals surface area contributed by atoms with E-state index >= 15 is 0 Å². The number of benzene rings is 1. The fraction of sp³-hybridized carbons (Fsp3) is 0.375. The van der Waals surface area contributed by atoms with Gasteiger partial charge in [0, 0.05) is 5.56 Å². The number of ether oxygens (including phenoxy) is 2. The van der Waals surface area contributed by atoms with Gasteiger partial charge in [-0.1, -0.05) is 0 Å². The van der Waals surface area contributed by atoms with Crippen molar-refractivity contribution in [3.8, 4) is 22.9 Å². The summed E-state index contributed by atoms with van der Waals surface area (Å²) in [6, 6.07) is 7.69. The lowest BCUT2D eigenvalue weighted by Gasteiger charge is -2.23. The minimum absolute atomic E-state index is 0.265. The molecule has 1 fully saturated rings. The summed E-state index contributed by atoms with van der Waals surface area (Å²) in [5.74, 6) is 2.25. The maximum absolute atomic E-state index is 5.90. The first-order valence-corrected chi connectivity index (χ1v) is 7.19. The molecule has 0 unspecified atom stereocenters. The molecule has 21 heavy (non-hydrogen) atoms. The van der Waals surface area contributed by atoms with Crippen molar-refractivity contribution in [1.82, 2.24) is 15.3 Å².